The van der Waals surface area contributed by atoms with Gasteiger partial charge >= 0.3 is 0 Å². The van der Waals surface area contributed by atoms with E-state index in [0.29, 0.717) is 12.0 Å². The van der Waals surface area contributed by atoms with Gasteiger partial charge in [-0.25, -0.2) is 0 Å². The van der Waals surface area contributed by atoms with Gasteiger partial charge in [0.2, 0.25) is 0 Å². The summed E-state index contributed by atoms with van der Waals surface area (Å²) in [6.07, 6.45) is 3.13. The summed E-state index contributed by atoms with van der Waals surface area (Å²) in [7, 11) is 2.02. The molecule has 90 valence electrons. The Morgan fingerprint density at radius 3 is 2.71 bits per heavy atom. The van der Waals surface area contributed by atoms with Gasteiger partial charge in [-0.05, 0) is 37.1 Å². The van der Waals surface area contributed by atoms with Crippen molar-refractivity contribution < 1.29 is 0 Å². The molecule has 0 saturated heterocycles. The lowest BCUT2D eigenvalue weighted by Crippen LogP contribution is -2.18. The van der Waals surface area contributed by atoms with Crippen LogP contribution in [-0.4, -0.2) is 12.0 Å². The number of nitrogens with zero attached hydrogens (tertiary/aromatic N) is 1. The van der Waals surface area contributed by atoms with Gasteiger partial charge in [0, 0.05) is 17.6 Å². The van der Waals surface area contributed by atoms with E-state index in [1.165, 1.54) is 10.9 Å². The van der Waals surface area contributed by atoms with E-state index in [0.717, 1.165) is 11.9 Å². The van der Waals surface area contributed by atoms with E-state index >= 15 is 0 Å². The highest BCUT2D eigenvalue weighted by Gasteiger charge is 2.11. The third-order valence-electron chi connectivity index (χ3n) is 3.07. The highest BCUT2D eigenvalue weighted by molar-refractivity contribution is 5.78. The predicted octanol–water partition coefficient (Wildman–Crippen LogP) is 3.54. The number of nitrogens with one attached hydrogen (secondary N) is 1. The van der Waals surface area contributed by atoms with Crippen LogP contribution in [0.4, 0.5) is 0 Å². The number of hydrogen-bond acceptors (Lipinski definition) is 2. The Labute approximate surface area is 103 Å². The molecule has 0 fully saturated rings. The van der Waals surface area contributed by atoms with E-state index < -0.39 is 0 Å². The Morgan fingerprint density at radius 2 is 2.00 bits per heavy atom. The number of fused-ring (bicyclic) bond motifs is 1. The summed E-state index contributed by atoms with van der Waals surface area (Å²) in [5.74, 6) is 0.680. The van der Waals surface area contributed by atoms with Crippen LogP contribution >= 0.6 is 0 Å². The van der Waals surface area contributed by atoms with Crippen LogP contribution in [0, 0.1) is 5.92 Å². The van der Waals surface area contributed by atoms with Crippen LogP contribution in [0.15, 0.2) is 36.5 Å². The summed E-state index contributed by atoms with van der Waals surface area (Å²) in [4.78, 5) is 4.52. The molecule has 0 amide bonds. The first-order valence-electron chi connectivity index (χ1n) is 6.22. The maximum Gasteiger partial charge on any atom is 0.0702 e. The minimum atomic E-state index is 0.395. The van der Waals surface area contributed by atoms with Gasteiger partial charge < -0.3 is 5.32 Å². The highest BCUT2D eigenvalue weighted by atomic mass is 14.9. The molecular weight excluding hydrogens is 208 g/mol. The molecule has 2 nitrogen and oxygen atoms in total. The van der Waals surface area contributed by atoms with Gasteiger partial charge in [0.05, 0.1) is 5.52 Å². The number of hydrogen-bond donors (Lipinski definition) is 1. The molecule has 0 bridgehead atoms. The van der Waals surface area contributed by atoms with E-state index in [4.69, 9.17) is 0 Å². The summed E-state index contributed by atoms with van der Waals surface area (Å²) in [5.41, 5.74) is 2.34. The van der Waals surface area contributed by atoms with Crippen molar-refractivity contribution in [2.75, 3.05) is 7.05 Å². The lowest BCUT2D eigenvalue weighted by Gasteiger charge is -2.18. The fraction of sp³-hybridized carbons (Fsp3) is 0.400. The first-order chi connectivity index (χ1) is 8.20. The number of pyridine rings is 1. The van der Waals surface area contributed by atoms with Crippen LogP contribution in [0.2, 0.25) is 0 Å². The molecule has 2 aromatic rings. The SMILES string of the molecule is CNC(CC(C)C)c1cnc2ccccc2c1. The zero-order valence-corrected chi connectivity index (χ0v) is 10.8. The molecule has 1 aromatic heterocycles. The molecule has 2 rings (SSSR count). The second-order valence-corrected chi connectivity index (χ2v) is 4.93. The molecule has 1 atom stereocenters. The number of aromatic nitrogens is 1. The van der Waals surface area contributed by atoms with Crippen molar-refractivity contribution in [1.29, 1.82) is 0 Å². The molecule has 1 aromatic carbocycles. The minimum absolute atomic E-state index is 0.395. The Balaban J connectivity index is 2.34. The lowest BCUT2D eigenvalue weighted by molar-refractivity contribution is 0.456. The average molecular weight is 228 g/mol. The Kier molecular flexibility index (Phi) is 3.75. The van der Waals surface area contributed by atoms with Crippen molar-refractivity contribution in [3.8, 4) is 0 Å². The maximum atomic E-state index is 4.52. The first-order valence-corrected chi connectivity index (χ1v) is 6.22. The third kappa shape index (κ3) is 2.83. The molecule has 0 saturated carbocycles. The third-order valence-corrected chi connectivity index (χ3v) is 3.07. The van der Waals surface area contributed by atoms with E-state index in [9.17, 15) is 0 Å². The maximum absolute atomic E-state index is 4.52. The predicted molar refractivity (Wildman–Crippen MR) is 73.0 cm³/mol. The number of para-hydroxylation sites is 1. The normalized spacial score (nSPS) is 13.2. The van der Waals surface area contributed by atoms with Gasteiger partial charge in [-0.2, -0.15) is 0 Å². The second kappa shape index (κ2) is 5.28. The molecule has 0 aliphatic heterocycles. The van der Waals surface area contributed by atoms with E-state index in [-0.39, 0.29) is 0 Å². The minimum Gasteiger partial charge on any atom is -0.313 e. The number of rotatable bonds is 4. The van der Waals surface area contributed by atoms with Gasteiger partial charge in [0.25, 0.3) is 0 Å². The molecule has 0 radical (unpaired) electrons. The summed E-state index contributed by atoms with van der Waals surface area (Å²) in [5, 5.41) is 4.59. The molecule has 17 heavy (non-hydrogen) atoms. The zero-order chi connectivity index (χ0) is 12.3. The molecular formula is C15H20N2. The van der Waals surface area contributed by atoms with Crippen molar-refractivity contribution in [2.45, 2.75) is 26.3 Å². The van der Waals surface area contributed by atoms with E-state index in [1.54, 1.807) is 0 Å². The Bertz CT molecular complexity index is 491. The second-order valence-electron chi connectivity index (χ2n) is 4.93. The molecule has 2 heteroatoms. The summed E-state index contributed by atoms with van der Waals surface area (Å²) < 4.78 is 0. The Hall–Kier alpha value is -1.41. The zero-order valence-electron chi connectivity index (χ0n) is 10.8. The fourth-order valence-electron chi connectivity index (χ4n) is 2.17. The molecule has 1 N–H and O–H groups in total. The van der Waals surface area contributed by atoms with Gasteiger partial charge in [0.15, 0.2) is 0 Å². The molecule has 0 spiro atoms. The number of benzene rings is 1. The van der Waals surface area contributed by atoms with Crippen molar-refractivity contribution >= 4 is 10.9 Å². The van der Waals surface area contributed by atoms with Crippen molar-refractivity contribution in [2.24, 2.45) is 5.92 Å². The van der Waals surface area contributed by atoms with Gasteiger partial charge in [0.1, 0.15) is 0 Å². The lowest BCUT2D eigenvalue weighted by atomic mass is 9.97. The molecule has 1 heterocycles. The molecule has 0 aliphatic rings. The van der Waals surface area contributed by atoms with Crippen LogP contribution in [-0.2, 0) is 0 Å². The summed E-state index contributed by atoms with van der Waals surface area (Å²) in [6, 6.07) is 10.9. The standard InChI is InChI=1S/C15H20N2/c1-11(2)8-15(16-3)13-9-12-6-4-5-7-14(12)17-10-13/h4-7,9-11,15-16H,8H2,1-3H3. The van der Waals surface area contributed by atoms with Crippen LogP contribution in [0.3, 0.4) is 0 Å². The smallest absolute Gasteiger partial charge is 0.0702 e. The quantitative estimate of drug-likeness (QED) is 0.865. The average Bonchev–Trinajstić information content (AvgIpc) is 2.35. The van der Waals surface area contributed by atoms with Crippen LogP contribution in [0.5, 0.6) is 0 Å². The van der Waals surface area contributed by atoms with E-state index in [1.807, 2.05) is 19.3 Å². The fourth-order valence-corrected chi connectivity index (χ4v) is 2.17. The summed E-state index contributed by atoms with van der Waals surface area (Å²) >= 11 is 0. The van der Waals surface area contributed by atoms with Crippen molar-refractivity contribution in [1.82, 2.24) is 10.3 Å². The van der Waals surface area contributed by atoms with Crippen LogP contribution in [0.1, 0.15) is 31.9 Å². The topological polar surface area (TPSA) is 24.9 Å². The van der Waals surface area contributed by atoms with Crippen LogP contribution < -0.4 is 5.32 Å². The summed E-state index contributed by atoms with van der Waals surface area (Å²) in [6.45, 7) is 4.50. The van der Waals surface area contributed by atoms with Gasteiger partial charge in [-0.15, -0.1) is 0 Å². The Morgan fingerprint density at radius 1 is 1.24 bits per heavy atom. The first kappa shape index (κ1) is 12.1. The van der Waals surface area contributed by atoms with Gasteiger partial charge in [-0.1, -0.05) is 32.0 Å². The molecule has 1 unspecified atom stereocenters. The largest absolute Gasteiger partial charge is 0.313 e. The van der Waals surface area contributed by atoms with Gasteiger partial charge in [-0.3, -0.25) is 4.98 Å². The van der Waals surface area contributed by atoms with Crippen molar-refractivity contribution in [3.05, 3.63) is 42.1 Å². The van der Waals surface area contributed by atoms with Crippen molar-refractivity contribution in [3.63, 3.8) is 0 Å². The van der Waals surface area contributed by atoms with Crippen LogP contribution in [0.25, 0.3) is 10.9 Å². The van der Waals surface area contributed by atoms with E-state index in [2.05, 4.69) is 48.4 Å². The highest BCUT2D eigenvalue weighted by Crippen LogP contribution is 2.23. The monoisotopic (exact) mass is 228 g/mol. The molecule has 0 aliphatic carbocycles.